The molecule has 4 nitrogen and oxygen atoms in total. The predicted molar refractivity (Wildman–Crippen MR) is 77.4 cm³/mol. The Kier molecular flexibility index (Phi) is 6.24. The van der Waals surface area contributed by atoms with E-state index in [4.69, 9.17) is 9.16 Å². The summed E-state index contributed by atoms with van der Waals surface area (Å²) in [5.41, 5.74) is 0.876. The number of benzene rings is 1. The summed E-state index contributed by atoms with van der Waals surface area (Å²) in [4.78, 5) is 0. The number of rotatable bonds is 8. The first-order chi connectivity index (χ1) is 8.94. The molecule has 19 heavy (non-hydrogen) atoms. The lowest BCUT2D eigenvalue weighted by molar-refractivity contribution is -0.112. The van der Waals surface area contributed by atoms with E-state index in [1.54, 1.807) is 18.2 Å². The second-order valence-corrected chi connectivity index (χ2v) is 9.11. The number of para-hydroxylation sites is 1. The Labute approximate surface area is 115 Å². The van der Waals surface area contributed by atoms with Crippen LogP contribution in [0.5, 0.6) is 5.75 Å². The molecule has 0 fully saturated rings. The summed E-state index contributed by atoms with van der Waals surface area (Å²) in [6.07, 6.45) is 0.641. The molecule has 1 rings (SSSR count). The Morgan fingerprint density at radius 3 is 2.68 bits per heavy atom. The van der Waals surface area contributed by atoms with Crippen LogP contribution >= 0.6 is 0 Å². The van der Waals surface area contributed by atoms with Crippen LogP contribution in [0.3, 0.4) is 0 Å². The van der Waals surface area contributed by atoms with Gasteiger partial charge >= 0.3 is 0 Å². The van der Waals surface area contributed by atoms with Crippen molar-refractivity contribution in [1.82, 2.24) is 0 Å². The highest BCUT2D eigenvalue weighted by Gasteiger charge is 2.25. The molecule has 1 aromatic rings. The maximum absolute atomic E-state index is 9.75. The van der Waals surface area contributed by atoms with Gasteiger partial charge in [0.25, 0.3) is 0 Å². The van der Waals surface area contributed by atoms with Crippen LogP contribution in [0.15, 0.2) is 36.9 Å². The quantitative estimate of drug-likeness (QED) is 0.436. The van der Waals surface area contributed by atoms with E-state index >= 15 is 0 Å². The lowest BCUT2D eigenvalue weighted by Crippen LogP contribution is -2.37. The van der Waals surface area contributed by atoms with E-state index in [0.29, 0.717) is 12.7 Å². The number of hydrogen-bond donors (Lipinski definition) is 2. The molecule has 0 radical (unpaired) electrons. The summed E-state index contributed by atoms with van der Waals surface area (Å²) in [6, 6.07) is 7.93. The van der Waals surface area contributed by atoms with E-state index in [-0.39, 0.29) is 12.4 Å². The number of phenolic OH excluding ortho intramolecular Hbond substituents is 1. The van der Waals surface area contributed by atoms with Crippen molar-refractivity contribution in [3.8, 4) is 5.75 Å². The molecule has 1 aromatic carbocycles. The van der Waals surface area contributed by atoms with Gasteiger partial charge in [0.2, 0.25) is 0 Å². The van der Waals surface area contributed by atoms with Crippen LogP contribution in [0.25, 0.3) is 0 Å². The minimum Gasteiger partial charge on any atom is -0.508 e. The topological polar surface area (TPSA) is 58.9 Å². The zero-order valence-electron chi connectivity index (χ0n) is 11.5. The molecule has 1 unspecified atom stereocenters. The minimum atomic E-state index is -2.00. The summed E-state index contributed by atoms with van der Waals surface area (Å²) >= 11 is 0. The van der Waals surface area contributed by atoms with E-state index in [1.807, 2.05) is 25.2 Å². The minimum absolute atomic E-state index is 0.140. The monoisotopic (exact) mass is 282 g/mol. The van der Waals surface area contributed by atoms with Crippen molar-refractivity contribution in [2.24, 2.45) is 0 Å². The van der Waals surface area contributed by atoms with E-state index in [9.17, 15) is 10.2 Å². The van der Waals surface area contributed by atoms with Gasteiger partial charge in [-0.2, -0.15) is 0 Å². The molecular weight excluding hydrogens is 260 g/mol. The average molecular weight is 282 g/mol. The molecule has 0 aliphatic carbocycles. The second-order valence-electron chi connectivity index (χ2n) is 4.95. The number of aromatic hydroxyl groups is 1. The Balaban J connectivity index is 2.47. The first-order valence-electron chi connectivity index (χ1n) is 6.26. The van der Waals surface area contributed by atoms with Gasteiger partial charge < -0.3 is 19.4 Å². The fraction of sp³-hybridized carbons (Fsp3) is 0.429. The van der Waals surface area contributed by atoms with Gasteiger partial charge in [0.05, 0.1) is 13.2 Å². The van der Waals surface area contributed by atoms with Gasteiger partial charge in [0.15, 0.2) is 14.6 Å². The van der Waals surface area contributed by atoms with E-state index in [2.05, 4.69) is 6.58 Å². The Morgan fingerprint density at radius 1 is 1.37 bits per heavy atom. The molecule has 2 N–H and O–H groups in total. The number of aliphatic hydroxyl groups excluding tert-OH is 1. The number of ether oxygens (including phenoxy) is 1. The SMILES string of the molecule is C=CCOC(O)CO[Si](C)(C)Cc1ccccc1O. The van der Waals surface area contributed by atoms with Gasteiger partial charge in [-0.3, -0.25) is 0 Å². The fourth-order valence-corrected chi connectivity index (χ4v) is 3.61. The zero-order chi connectivity index (χ0) is 14.3. The highest BCUT2D eigenvalue weighted by atomic mass is 28.4. The molecule has 0 saturated carbocycles. The van der Waals surface area contributed by atoms with Crippen LogP contribution in [0.2, 0.25) is 13.1 Å². The molecule has 0 amide bonds. The first kappa shape index (κ1) is 15.9. The summed E-state index contributed by atoms with van der Waals surface area (Å²) < 4.78 is 10.8. The van der Waals surface area contributed by atoms with Gasteiger partial charge in [-0.15, -0.1) is 6.58 Å². The van der Waals surface area contributed by atoms with Gasteiger partial charge in [-0.25, -0.2) is 0 Å². The molecule has 0 aromatic heterocycles. The summed E-state index contributed by atoms with van der Waals surface area (Å²) in [5.74, 6) is 0.287. The first-order valence-corrected chi connectivity index (χ1v) is 9.37. The Hall–Kier alpha value is -1.14. The van der Waals surface area contributed by atoms with Crippen molar-refractivity contribution >= 4 is 8.32 Å². The molecule has 0 heterocycles. The number of aliphatic hydroxyl groups is 1. The van der Waals surface area contributed by atoms with Gasteiger partial charge in [0, 0.05) is 0 Å². The number of phenols is 1. The second kappa shape index (κ2) is 7.45. The van der Waals surface area contributed by atoms with Crippen molar-refractivity contribution < 1.29 is 19.4 Å². The predicted octanol–water partition coefficient (Wildman–Crippen LogP) is 2.22. The third-order valence-corrected chi connectivity index (χ3v) is 4.81. The lowest BCUT2D eigenvalue weighted by Gasteiger charge is -2.25. The maximum atomic E-state index is 9.75. The van der Waals surface area contributed by atoms with Crippen LogP contribution in [0.4, 0.5) is 0 Å². The van der Waals surface area contributed by atoms with Crippen LogP contribution in [0.1, 0.15) is 5.56 Å². The summed E-state index contributed by atoms with van der Waals surface area (Å²) in [6.45, 7) is 8.03. The van der Waals surface area contributed by atoms with Crippen LogP contribution in [-0.4, -0.2) is 38.0 Å². The molecule has 1 atom stereocenters. The van der Waals surface area contributed by atoms with Crippen molar-refractivity contribution in [2.75, 3.05) is 13.2 Å². The standard InChI is InChI=1S/C14H22O4Si/c1-4-9-17-14(16)10-18-19(2,3)11-12-7-5-6-8-13(12)15/h4-8,14-16H,1,9-11H2,2-3H3. The van der Waals surface area contributed by atoms with E-state index in [0.717, 1.165) is 5.56 Å². The Morgan fingerprint density at radius 2 is 2.05 bits per heavy atom. The number of hydrogen-bond acceptors (Lipinski definition) is 4. The zero-order valence-corrected chi connectivity index (χ0v) is 12.5. The van der Waals surface area contributed by atoms with Crippen LogP contribution in [0, 0.1) is 0 Å². The molecule has 0 aliphatic heterocycles. The summed E-state index contributed by atoms with van der Waals surface area (Å²) in [5, 5.41) is 19.3. The third kappa shape index (κ3) is 6.02. The van der Waals surface area contributed by atoms with Crippen LogP contribution < -0.4 is 0 Å². The van der Waals surface area contributed by atoms with E-state index < -0.39 is 14.6 Å². The highest BCUT2D eigenvalue weighted by Crippen LogP contribution is 2.21. The molecule has 0 bridgehead atoms. The molecule has 5 heteroatoms. The Bertz CT molecular complexity index is 406. The largest absolute Gasteiger partial charge is 0.508 e. The van der Waals surface area contributed by atoms with Crippen molar-refractivity contribution in [2.45, 2.75) is 25.4 Å². The van der Waals surface area contributed by atoms with Gasteiger partial charge in [-0.1, -0.05) is 24.3 Å². The lowest BCUT2D eigenvalue weighted by atomic mass is 10.2. The van der Waals surface area contributed by atoms with Gasteiger partial charge in [0.1, 0.15) is 5.75 Å². The van der Waals surface area contributed by atoms with Crippen molar-refractivity contribution in [3.05, 3.63) is 42.5 Å². The molecular formula is C14H22O4Si. The van der Waals surface area contributed by atoms with Crippen LogP contribution in [-0.2, 0) is 15.2 Å². The molecule has 106 valence electrons. The van der Waals surface area contributed by atoms with Gasteiger partial charge in [-0.05, 0) is 30.8 Å². The molecule has 0 saturated heterocycles. The van der Waals surface area contributed by atoms with E-state index in [1.165, 1.54) is 0 Å². The average Bonchev–Trinajstić information content (AvgIpc) is 2.36. The normalized spacial score (nSPS) is 13.2. The third-order valence-electron chi connectivity index (χ3n) is 2.63. The summed E-state index contributed by atoms with van der Waals surface area (Å²) in [7, 11) is -2.00. The smallest absolute Gasteiger partial charge is 0.191 e. The maximum Gasteiger partial charge on any atom is 0.191 e. The fourth-order valence-electron chi connectivity index (χ4n) is 1.69. The molecule has 0 aliphatic rings. The van der Waals surface area contributed by atoms with Crippen molar-refractivity contribution in [3.63, 3.8) is 0 Å². The molecule has 0 spiro atoms. The highest BCUT2D eigenvalue weighted by molar-refractivity contribution is 6.70. The van der Waals surface area contributed by atoms with Crippen molar-refractivity contribution in [1.29, 1.82) is 0 Å².